The molecule has 0 radical (unpaired) electrons. The van der Waals surface area contributed by atoms with Crippen molar-refractivity contribution in [3.63, 3.8) is 0 Å². The van der Waals surface area contributed by atoms with E-state index < -0.39 is 5.82 Å². The van der Waals surface area contributed by atoms with Crippen molar-refractivity contribution in [1.82, 2.24) is 25.5 Å². The van der Waals surface area contributed by atoms with E-state index in [0.717, 1.165) is 12.8 Å². The number of piperidine rings is 1. The number of likely N-dealkylation sites (tertiary alicyclic amines) is 1. The second kappa shape index (κ2) is 11.5. The number of ether oxygens (including phenoxy) is 1. The highest BCUT2D eigenvalue weighted by Gasteiger charge is 2.34. The first-order chi connectivity index (χ1) is 17.7. The molecule has 3 heterocycles. The summed E-state index contributed by atoms with van der Waals surface area (Å²) in [7, 11) is 1.39. The van der Waals surface area contributed by atoms with E-state index in [-0.39, 0.29) is 48.0 Å². The van der Waals surface area contributed by atoms with Gasteiger partial charge < -0.3 is 25.1 Å². The molecule has 1 fully saturated rings. The van der Waals surface area contributed by atoms with Crippen LogP contribution in [0.25, 0.3) is 0 Å². The average Bonchev–Trinajstić information content (AvgIpc) is 3.38. The number of carbonyl (C=O) groups excluding carboxylic acids is 2. The zero-order chi connectivity index (χ0) is 26.5. The van der Waals surface area contributed by atoms with Gasteiger partial charge in [0.15, 0.2) is 11.6 Å². The Morgan fingerprint density at radius 1 is 1.22 bits per heavy atom. The molecule has 1 unspecified atom stereocenters. The largest absolute Gasteiger partial charge is 0.494 e. The number of oxime groups is 1. The summed E-state index contributed by atoms with van der Waals surface area (Å²) in [4.78, 5) is 41.4. The molecule has 4 rings (SSSR count). The van der Waals surface area contributed by atoms with E-state index in [4.69, 9.17) is 9.57 Å². The van der Waals surface area contributed by atoms with Crippen LogP contribution in [0.5, 0.6) is 5.75 Å². The van der Waals surface area contributed by atoms with Crippen molar-refractivity contribution in [3.8, 4) is 5.75 Å². The molecule has 0 saturated carbocycles. The number of halogens is 1. The lowest BCUT2D eigenvalue weighted by molar-refractivity contribution is 0.0184. The van der Waals surface area contributed by atoms with Crippen molar-refractivity contribution in [3.05, 3.63) is 52.9 Å². The van der Waals surface area contributed by atoms with Crippen molar-refractivity contribution in [2.45, 2.75) is 58.7 Å². The highest BCUT2D eigenvalue weighted by atomic mass is 19.1. The van der Waals surface area contributed by atoms with Crippen LogP contribution in [0.3, 0.4) is 0 Å². The molecule has 0 aliphatic carbocycles. The first-order valence-corrected chi connectivity index (χ1v) is 12.5. The molecule has 3 amide bonds. The Morgan fingerprint density at radius 2 is 1.97 bits per heavy atom. The van der Waals surface area contributed by atoms with Gasteiger partial charge in [-0.1, -0.05) is 11.2 Å². The second-order valence-corrected chi connectivity index (χ2v) is 9.65. The zero-order valence-corrected chi connectivity index (χ0v) is 21.6. The summed E-state index contributed by atoms with van der Waals surface area (Å²) in [5.74, 6) is 0.00141. The normalized spacial score (nSPS) is 17.8. The lowest BCUT2D eigenvalue weighted by atomic mass is 9.88. The Bertz CT molecular complexity index is 1180. The maximum Gasteiger partial charge on any atom is 0.317 e. The number of aromatic nitrogens is 2. The Labute approximate surface area is 215 Å². The summed E-state index contributed by atoms with van der Waals surface area (Å²) in [6, 6.07) is 6.11. The van der Waals surface area contributed by atoms with Crippen LogP contribution >= 0.6 is 0 Å². The van der Waals surface area contributed by atoms with Crippen molar-refractivity contribution >= 4 is 17.6 Å². The van der Waals surface area contributed by atoms with Gasteiger partial charge in [-0.2, -0.15) is 0 Å². The monoisotopic (exact) mass is 512 g/mol. The van der Waals surface area contributed by atoms with Gasteiger partial charge in [-0.05, 0) is 57.4 Å². The van der Waals surface area contributed by atoms with E-state index in [1.807, 2.05) is 18.7 Å². The van der Waals surface area contributed by atoms with Gasteiger partial charge in [0.1, 0.15) is 23.3 Å². The second-order valence-electron chi connectivity index (χ2n) is 9.65. The summed E-state index contributed by atoms with van der Waals surface area (Å²) in [5.41, 5.74) is 2.14. The maximum atomic E-state index is 13.6. The number of rotatable bonds is 7. The quantitative estimate of drug-likeness (QED) is 0.588. The fraction of sp³-hybridized carbons (Fsp3) is 0.500. The van der Waals surface area contributed by atoms with Gasteiger partial charge in [0.25, 0.3) is 5.91 Å². The molecule has 2 aliphatic rings. The van der Waals surface area contributed by atoms with E-state index in [0.29, 0.717) is 42.3 Å². The van der Waals surface area contributed by atoms with Gasteiger partial charge in [-0.25, -0.2) is 19.2 Å². The predicted molar refractivity (Wildman–Crippen MR) is 135 cm³/mol. The van der Waals surface area contributed by atoms with Crippen LogP contribution in [-0.4, -0.2) is 64.9 Å². The van der Waals surface area contributed by atoms with E-state index in [9.17, 15) is 14.0 Å². The molecular formula is C26H33FN6O4. The molecule has 1 saturated heterocycles. The molecule has 0 bridgehead atoms. The van der Waals surface area contributed by atoms with Crippen LogP contribution in [-0.2, 0) is 11.4 Å². The average molecular weight is 513 g/mol. The molecular weight excluding hydrogens is 479 g/mol. The molecule has 10 nitrogen and oxygen atoms in total. The molecule has 2 aromatic rings. The number of urea groups is 1. The molecule has 1 atom stereocenters. The molecule has 2 N–H and O–H groups in total. The molecule has 2 aliphatic heterocycles. The first-order valence-electron chi connectivity index (χ1n) is 12.5. The number of benzene rings is 1. The zero-order valence-electron chi connectivity index (χ0n) is 21.6. The molecule has 37 heavy (non-hydrogen) atoms. The number of hydrogen-bond acceptors (Lipinski definition) is 7. The van der Waals surface area contributed by atoms with Crippen molar-refractivity contribution < 1.29 is 23.6 Å². The summed E-state index contributed by atoms with van der Waals surface area (Å²) in [6.45, 7) is 7.15. The van der Waals surface area contributed by atoms with Crippen LogP contribution in [0.4, 0.5) is 9.18 Å². The number of methoxy groups -OCH3 is 1. The van der Waals surface area contributed by atoms with E-state index >= 15 is 0 Å². The third kappa shape index (κ3) is 6.52. The minimum absolute atomic E-state index is 0.0291. The molecule has 0 spiro atoms. The lowest BCUT2D eigenvalue weighted by Gasteiger charge is -2.34. The fourth-order valence-electron chi connectivity index (χ4n) is 4.53. The van der Waals surface area contributed by atoms with Crippen LogP contribution in [0.15, 0.2) is 29.4 Å². The Balaban J connectivity index is 1.34. The van der Waals surface area contributed by atoms with Gasteiger partial charge in [0, 0.05) is 38.0 Å². The smallest absolute Gasteiger partial charge is 0.317 e. The Morgan fingerprint density at radius 3 is 2.68 bits per heavy atom. The number of nitrogens with one attached hydrogen (secondary N) is 2. The minimum atomic E-state index is -0.464. The summed E-state index contributed by atoms with van der Waals surface area (Å²) in [5, 5.41) is 10.0. The minimum Gasteiger partial charge on any atom is -0.494 e. The Kier molecular flexibility index (Phi) is 8.20. The predicted octanol–water partition coefficient (Wildman–Crippen LogP) is 3.19. The van der Waals surface area contributed by atoms with Crippen molar-refractivity contribution in [2.75, 3.05) is 20.2 Å². The summed E-state index contributed by atoms with van der Waals surface area (Å²) >= 11 is 0. The lowest BCUT2D eigenvalue weighted by Crippen LogP contribution is -2.47. The van der Waals surface area contributed by atoms with Crippen molar-refractivity contribution in [2.24, 2.45) is 11.1 Å². The van der Waals surface area contributed by atoms with Crippen LogP contribution in [0, 0.1) is 18.7 Å². The highest BCUT2D eigenvalue weighted by Crippen LogP contribution is 2.29. The number of amides is 3. The topological polar surface area (TPSA) is 118 Å². The van der Waals surface area contributed by atoms with Gasteiger partial charge >= 0.3 is 6.03 Å². The van der Waals surface area contributed by atoms with Gasteiger partial charge in [-0.3, -0.25) is 4.79 Å². The van der Waals surface area contributed by atoms with E-state index in [2.05, 4.69) is 25.8 Å². The van der Waals surface area contributed by atoms with Gasteiger partial charge in [0.05, 0.1) is 12.8 Å². The molecule has 1 aromatic heterocycles. The summed E-state index contributed by atoms with van der Waals surface area (Å²) in [6.07, 6.45) is 2.16. The third-order valence-electron chi connectivity index (χ3n) is 6.49. The first kappa shape index (κ1) is 26.3. The van der Waals surface area contributed by atoms with Crippen LogP contribution in [0.1, 0.15) is 60.7 Å². The number of hydrogen-bond donors (Lipinski definition) is 2. The number of aryl methyl sites for hydroxylation is 1. The summed E-state index contributed by atoms with van der Waals surface area (Å²) < 4.78 is 18.6. The molecule has 11 heteroatoms. The number of carbonyl (C=O) groups is 2. The van der Waals surface area contributed by atoms with Crippen molar-refractivity contribution in [1.29, 1.82) is 0 Å². The van der Waals surface area contributed by atoms with Crippen LogP contribution < -0.4 is 15.4 Å². The fourth-order valence-corrected chi connectivity index (χ4v) is 4.53. The van der Waals surface area contributed by atoms with Gasteiger partial charge in [-0.15, -0.1) is 0 Å². The molecule has 1 aromatic carbocycles. The van der Waals surface area contributed by atoms with E-state index in [1.54, 1.807) is 19.1 Å². The van der Waals surface area contributed by atoms with E-state index in [1.165, 1.54) is 19.2 Å². The SMILES string of the molecule is COc1cc(CNC(=O)c2cc(C3=NOC(C4CCN(C(=O)NC(C)C)CC4)C3)nc(C)n2)ccc1F. The molecule has 198 valence electrons. The number of nitrogens with zero attached hydrogens (tertiary/aromatic N) is 4. The Hall–Kier alpha value is -3.76. The highest BCUT2D eigenvalue weighted by molar-refractivity contribution is 6.02. The van der Waals surface area contributed by atoms with Crippen LogP contribution in [0.2, 0.25) is 0 Å². The standard InChI is InChI=1S/C26H33FN6O4/c1-15(2)29-26(35)33-9-7-18(8-10-33)23-13-21(32-37-23)20-12-22(31-16(3)30-20)25(34)28-14-17-5-6-19(27)24(11-17)36-4/h5-6,11-12,15,18,23H,7-10,13-14H2,1-4H3,(H,28,34)(H,29,35). The maximum absolute atomic E-state index is 13.6. The third-order valence-corrected chi connectivity index (χ3v) is 6.49. The van der Waals surface area contributed by atoms with Gasteiger partial charge in [0.2, 0.25) is 0 Å².